The van der Waals surface area contributed by atoms with E-state index in [4.69, 9.17) is 4.74 Å². The minimum atomic E-state index is -1.15. The van der Waals surface area contributed by atoms with E-state index in [-0.39, 0.29) is 5.56 Å². The lowest BCUT2D eigenvalue weighted by molar-refractivity contribution is -0.255. The predicted molar refractivity (Wildman–Crippen MR) is 102 cm³/mol. The molecule has 0 bridgehead atoms. The molecule has 0 amide bonds. The Kier molecular flexibility index (Phi) is 12.7. The molecular formula is C22H35O3-. The van der Waals surface area contributed by atoms with Crippen LogP contribution in [0.2, 0.25) is 0 Å². The fourth-order valence-corrected chi connectivity index (χ4v) is 3.00. The number of carboxylic acid groups (broad SMARTS) is 1. The number of hydrogen-bond acceptors (Lipinski definition) is 3. The highest BCUT2D eigenvalue weighted by Gasteiger charge is 1.97. The number of carboxylic acids is 1. The molecule has 0 unspecified atom stereocenters. The van der Waals surface area contributed by atoms with Crippen molar-refractivity contribution >= 4 is 5.97 Å². The summed E-state index contributed by atoms with van der Waals surface area (Å²) in [6.45, 7) is 2.96. The molecule has 0 fully saturated rings. The second-order valence-electron chi connectivity index (χ2n) is 6.90. The van der Waals surface area contributed by atoms with Crippen molar-refractivity contribution in [2.24, 2.45) is 0 Å². The van der Waals surface area contributed by atoms with E-state index < -0.39 is 5.97 Å². The molecule has 0 aromatic heterocycles. The van der Waals surface area contributed by atoms with Crippen LogP contribution in [0, 0.1) is 0 Å². The van der Waals surface area contributed by atoms with Gasteiger partial charge < -0.3 is 14.6 Å². The van der Waals surface area contributed by atoms with Gasteiger partial charge in [0.25, 0.3) is 0 Å². The van der Waals surface area contributed by atoms with Crippen molar-refractivity contribution in [3.8, 4) is 5.75 Å². The van der Waals surface area contributed by atoms with Crippen molar-refractivity contribution in [1.82, 2.24) is 0 Å². The van der Waals surface area contributed by atoms with Gasteiger partial charge in [-0.15, -0.1) is 0 Å². The quantitative estimate of drug-likeness (QED) is 0.370. The number of aromatic carboxylic acids is 1. The number of carbonyl (C=O) groups is 1. The average molecular weight is 348 g/mol. The topological polar surface area (TPSA) is 49.4 Å². The molecule has 0 aliphatic heterocycles. The third-order valence-corrected chi connectivity index (χ3v) is 4.61. The van der Waals surface area contributed by atoms with Crippen LogP contribution in [0.15, 0.2) is 24.3 Å². The molecule has 0 radical (unpaired) electrons. The molecule has 0 aliphatic rings. The zero-order valence-electron chi connectivity index (χ0n) is 15.9. The lowest BCUT2D eigenvalue weighted by atomic mass is 10.0. The maximum atomic E-state index is 10.7. The summed E-state index contributed by atoms with van der Waals surface area (Å²) >= 11 is 0. The predicted octanol–water partition coefficient (Wildman–Crippen LogP) is 5.52. The van der Waals surface area contributed by atoms with E-state index in [0.29, 0.717) is 6.61 Å². The largest absolute Gasteiger partial charge is 0.545 e. The third-order valence-electron chi connectivity index (χ3n) is 4.61. The summed E-state index contributed by atoms with van der Waals surface area (Å²) in [6, 6.07) is 6.42. The van der Waals surface area contributed by atoms with Gasteiger partial charge >= 0.3 is 0 Å². The van der Waals surface area contributed by atoms with Gasteiger partial charge in [-0.1, -0.05) is 84.0 Å². The molecule has 0 saturated carbocycles. The molecule has 3 nitrogen and oxygen atoms in total. The number of benzene rings is 1. The van der Waals surface area contributed by atoms with E-state index in [0.717, 1.165) is 12.2 Å². The number of hydrogen-bond donors (Lipinski definition) is 0. The Morgan fingerprint density at radius 1 is 0.760 bits per heavy atom. The summed E-state index contributed by atoms with van der Waals surface area (Å²) in [5.41, 5.74) is 0.188. The first-order valence-corrected chi connectivity index (χ1v) is 10.2. The summed E-state index contributed by atoms with van der Waals surface area (Å²) < 4.78 is 5.63. The van der Waals surface area contributed by atoms with E-state index in [9.17, 15) is 9.90 Å². The molecule has 0 aliphatic carbocycles. The second-order valence-corrected chi connectivity index (χ2v) is 6.90. The monoisotopic (exact) mass is 347 g/mol. The van der Waals surface area contributed by atoms with Gasteiger partial charge in [0.2, 0.25) is 0 Å². The fraction of sp³-hybridized carbons (Fsp3) is 0.682. The van der Waals surface area contributed by atoms with Crippen molar-refractivity contribution in [1.29, 1.82) is 0 Å². The molecule has 0 atom stereocenters. The van der Waals surface area contributed by atoms with Crippen molar-refractivity contribution in [3.05, 3.63) is 29.8 Å². The Labute approximate surface area is 153 Å². The normalized spacial score (nSPS) is 10.8. The number of ether oxygens (including phenoxy) is 1. The van der Waals surface area contributed by atoms with Crippen LogP contribution in [-0.2, 0) is 0 Å². The Bertz CT molecular complexity index is 439. The van der Waals surface area contributed by atoms with Crippen LogP contribution in [0.25, 0.3) is 0 Å². The molecule has 25 heavy (non-hydrogen) atoms. The number of rotatable bonds is 16. The number of carbonyl (C=O) groups excluding carboxylic acids is 1. The molecular weight excluding hydrogens is 312 g/mol. The Balaban J connectivity index is 1.85. The van der Waals surface area contributed by atoms with Gasteiger partial charge in [-0.2, -0.15) is 0 Å². The van der Waals surface area contributed by atoms with Gasteiger partial charge in [-0.3, -0.25) is 0 Å². The highest BCUT2D eigenvalue weighted by atomic mass is 16.5. The maximum absolute atomic E-state index is 10.7. The maximum Gasteiger partial charge on any atom is 0.119 e. The first-order valence-electron chi connectivity index (χ1n) is 10.2. The van der Waals surface area contributed by atoms with Gasteiger partial charge in [0, 0.05) is 0 Å². The standard InChI is InChI=1S/C22H36O3/c1-2-3-4-5-6-7-8-9-10-11-12-13-14-19-25-21-17-15-20(16-18-21)22(23)24/h15-18H,2-14,19H2,1H3,(H,23,24)/p-1. The smallest absolute Gasteiger partial charge is 0.119 e. The van der Waals surface area contributed by atoms with Crippen molar-refractivity contribution in [3.63, 3.8) is 0 Å². The molecule has 1 rings (SSSR count). The summed E-state index contributed by atoms with van der Waals surface area (Å²) in [7, 11) is 0. The van der Waals surface area contributed by atoms with Crippen molar-refractivity contribution in [2.45, 2.75) is 90.4 Å². The Morgan fingerprint density at radius 3 is 1.64 bits per heavy atom. The minimum absolute atomic E-state index is 0.188. The van der Waals surface area contributed by atoms with Crippen LogP contribution in [0.1, 0.15) is 101 Å². The summed E-state index contributed by atoms with van der Waals surface area (Å²) in [6.07, 6.45) is 17.4. The van der Waals surface area contributed by atoms with Crippen LogP contribution in [0.5, 0.6) is 5.75 Å². The average Bonchev–Trinajstić information content (AvgIpc) is 2.62. The SMILES string of the molecule is CCCCCCCCCCCCCCCOc1ccc(C(=O)[O-])cc1. The van der Waals surface area contributed by atoms with Crippen LogP contribution in [0.3, 0.4) is 0 Å². The highest BCUT2D eigenvalue weighted by molar-refractivity contribution is 5.85. The van der Waals surface area contributed by atoms with Crippen LogP contribution >= 0.6 is 0 Å². The van der Waals surface area contributed by atoms with Crippen LogP contribution in [0.4, 0.5) is 0 Å². The lowest BCUT2D eigenvalue weighted by Gasteiger charge is -2.07. The van der Waals surface area contributed by atoms with E-state index in [2.05, 4.69) is 6.92 Å². The van der Waals surface area contributed by atoms with Gasteiger partial charge in [0.05, 0.1) is 12.6 Å². The molecule has 0 N–H and O–H groups in total. The van der Waals surface area contributed by atoms with Crippen molar-refractivity contribution in [2.75, 3.05) is 6.61 Å². The summed E-state index contributed by atoms with van der Waals surface area (Å²) in [5, 5.41) is 10.7. The van der Waals surface area contributed by atoms with Crippen molar-refractivity contribution < 1.29 is 14.6 Å². The zero-order valence-corrected chi connectivity index (χ0v) is 15.9. The molecule has 1 aromatic carbocycles. The lowest BCUT2D eigenvalue weighted by Crippen LogP contribution is -2.21. The van der Waals surface area contributed by atoms with Crippen LogP contribution < -0.4 is 9.84 Å². The molecule has 1 aromatic rings. The van der Waals surface area contributed by atoms with E-state index >= 15 is 0 Å². The minimum Gasteiger partial charge on any atom is -0.545 e. The summed E-state index contributed by atoms with van der Waals surface area (Å²) in [5.74, 6) is -0.424. The fourth-order valence-electron chi connectivity index (χ4n) is 3.00. The van der Waals surface area contributed by atoms with E-state index in [1.165, 1.54) is 89.2 Å². The Morgan fingerprint density at radius 2 is 1.20 bits per heavy atom. The first kappa shape index (κ1) is 21.5. The zero-order chi connectivity index (χ0) is 18.2. The first-order chi connectivity index (χ1) is 12.2. The van der Waals surface area contributed by atoms with E-state index in [1.54, 1.807) is 12.1 Å². The van der Waals surface area contributed by atoms with Gasteiger partial charge in [0.15, 0.2) is 0 Å². The molecule has 0 spiro atoms. The summed E-state index contributed by atoms with van der Waals surface area (Å²) in [4.78, 5) is 10.7. The highest BCUT2D eigenvalue weighted by Crippen LogP contribution is 2.14. The Hall–Kier alpha value is -1.51. The molecule has 3 heteroatoms. The molecule has 0 saturated heterocycles. The van der Waals surface area contributed by atoms with E-state index in [1.807, 2.05) is 0 Å². The third kappa shape index (κ3) is 11.6. The molecule has 0 heterocycles. The van der Waals surface area contributed by atoms with Gasteiger partial charge in [-0.05, 0) is 36.2 Å². The number of unbranched alkanes of at least 4 members (excludes halogenated alkanes) is 12. The van der Waals surface area contributed by atoms with Gasteiger partial charge in [0.1, 0.15) is 5.75 Å². The second kappa shape index (κ2) is 14.8. The van der Waals surface area contributed by atoms with Crippen LogP contribution in [-0.4, -0.2) is 12.6 Å². The van der Waals surface area contributed by atoms with Gasteiger partial charge in [-0.25, -0.2) is 0 Å². The molecule has 142 valence electrons.